The highest BCUT2D eigenvalue weighted by molar-refractivity contribution is 9.10. The lowest BCUT2D eigenvalue weighted by Crippen LogP contribution is -2.24. The highest BCUT2D eigenvalue weighted by atomic mass is 79.9. The van der Waals surface area contributed by atoms with Gasteiger partial charge in [-0.25, -0.2) is 4.39 Å². The van der Waals surface area contributed by atoms with Crippen LogP contribution >= 0.6 is 27.3 Å². The molecule has 0 unspecified atom stereocenters. The second kappa shape index (κ2) is 6.54. The van der Waals surface area contributed by atoms with E-state index in [1.54, 1.807) is 18.2 Å². The van der Waals surface area contributed by atoms with Gasteiger partial charge in [-0.1, -0.05) is 31.3 Å². The average Bonchev–Trinajstić information content (AvgIpc) is 2.81. The maximum atomic E-state index is 13.9. The van der Waals surface area contributed by atoms with Crippen LogP contribution in [0.4, 0.5) is 4.39 Å². The standard InChI is InChI=1S/C13H15BrFN3S/c1-8(2)16-7-6-11-17-18-13(19-11)9-4-3-5-10(14)12(9)15/h3-5,8,16H,6-7H2,1-2H3. The molecule has 0 bridgehead atoms. The lowest BCUT2D eigenvalue weighted by molar-refractivity contribution is 0.588. The van der Waals surface area contributed by atoms with Crippen molar-refractivity contribution in [2.75, 3.05) is 6.54 Å². The summed E-state index contributed by atoms with van der Waals surface area (Å²) in [6, 6.07) is 5.64. The van der Waals surface area contributed by atoms with Gasteiger partial charge >= 0.3 is 0 Å². The molecule has 0 spiro atoms. The lowest BCUT2D eigenvalue weighted by Gasteiger charge is -2.05. The summed E-state index contributed by atoms with van der Waals surface area (Å²) in [5, 5.41) is 13.0. The molecule has 0 saturated carbocycles. The number of hydrogen-bond donors (Lipinski definition) is 1. The van der Waals surface area contributed by atoms with Crippen LogP contribution in [0.15, 0.2) is 22.7 Å². The molecule has 2 rings (SSSR count). The summed E-state index contributed by atoms with van der Waals surface area (Å²) in [5.74, 6) is -0.287. The zero-order chi connectivity index (χ0) is 13.8. The van der Waals surface area contributed by atoms with E-state index < -0.39 is 0 Å². The Morgan fingerprint density at radius 3 is 2.89 bits per heavy atom. The first-order chi connectivity index (χ1) is 9.08. The molecule has 0 aliphatic heterocycles. The minimum absolute atomic E-state index is 0.287. The van der Waals surface area contributed by atoms with E-state index in [0.717, 1.165) is 18.0 Å². The van der Waals surface area contributed by atoms with Gasteiger partial charge in [-0.2, -0.15) is 0 Å². The van der Waals surface area contributed by atoms with Crippen molar-refractivity contribution in [3.63, 3.8) is 0 Å². The zero-order valence-corrected chi connectivity index (χ0v) is 13.2. The van der Waals surface area contributed by atoms with Gasteiger partial charge in [-0.05, 0) is 28.1 Å². The summed E-state index contributed by atoms with van der Waals surface area (Å²) in [6.45, 7) is 5.05. The third-order valence-electron chi connectivity index (χ3n) is 2.54. The van der Waals surface area contributed by atoms with Crippen molar-refractivity contribution in [1.29, 1.82) is 0 Å². The van der Waals surface area contributed by atoms with Gasteiger partial charge in [0.25, 0.3) is 0 Å². The van der Waals surface area contributed by atoms with Crippen LogP contribution in [-0.2, 0) is 6.42 Å². The molecule has 0 aliphatic rings. The average molecular weight is 344 g/mol. The van der Waals surface area contributed by atoms with Crippen molar-refractivity contribution >= 4 is 27.3 Å². The Bertz CT molecular complexity index is 557. The Balaban J connectivity index is 2.10. The van der Waals surface area contributed by atoms with Gasteiger partial charge in [-0.15, -0.1) is 10.2 Å². The molecule has 1 aromatic heterocycles. The number of hydrogen-bond acceptors (Lipinski definition) is 4. The van der Waals surface area contributed by atoms with E-state index in [2.05, 4.69) is 45.3 Å². The maximum Gasteiger partial charge on any atom is 0.150 e. The van der Waals surface area contributed by atoms with Gasteiger partial charge in [0.05, 0.1) is 4.47 Å². The van der Waals surface area contributed by atoms with E-state index in [0.29, 0.717) is 21.1 Å². The van der Waals surface area contributed by atoms with Crippen LogP contribution in [0.3, 0.4) is 0 Å². The van der Waals surface area contributed by atoms with E-state index in [1.807, 2.05) is 0 Å². The Labute approximate surface area is 124 Å². The van der Waals surface area contributed by atoms with Crippen LogP contribution in [0.5, 0.6) is 0 Å². The topological polar surface area (TPSA) is 37.8 Å². The quantitative estimate of drug-likeness (QED) is 0.900. The third-order valence-corrected chi connectivity index (χ3v) is 4.17. The van der Waals surface area contributed by atoms with Crippen molar-refractivity contribution in [3.8, 4) is 10.6 Å². The Kier molecular flexibility index (Phi) is 5.01. The largest absolute Gasteiger partial charge is 0.314 e. The summed E-state index contributed by atoms with van der Waals surface area (Å²) in [7, 11) is 0. The van der Waals surface area contributed by atoms with Crippen molar-refractivity contribution in [2.45, 2.75) is 26.3 Å². The van der Waals surface area contributed by atoms with Crippen LogP contribution in [0.2, 0.25) is 0 Å². The number of benzene rings is 1. The molecular weight excluding hydrogens is 329 g/mol. The van der Waals surface area contributed by atoms with Crippen molar-refractivity contribution < 1.29 is 4.39 Å². The number of rotatable bonds is 5. The molecular formula is C13H15BrFN3S. The molecule has 1 N–H and O–H groups in total. The van der Waals surface area contributed by atoms with E-state index in [9.17, 15) is 4.39 Å². The fourth-order valence-corrected chi connectivity index (χ4v) is 2.82. The molecule has 0 fully saturated rings. The first kappa shape index (κ1) is 14.6. The Morgan fingerprint density at radius 1 is 1.37 bits per heavy atom. The van der Waals surface area contributed by atoms with Gasteiger partial charge in [0.2, 0.25) is 0 Å². The highest BCUT2D eigenvalue weighted by Gasteiger charge is 2.13. The van der Waals surface area contributed by atoms with E-state index in [4.69, 9.17) is 0 Å². The van der Waals surface area contributed by atoms with Crippen LogP contribution in [0, 0.1) is 5.82 Å². The summed E-state index contributed by atoms with van der Waals surface area (Å²) in [5.41, 5.74) is 0.495. The molecule has 1 aromatic carbocycles. The Hall–Kier alpha value is -0.850. The number of halogens is 2. The number of aromatic nitrogens is 2. The molecule has 0 atom stereocenters. The van der Waals surface area contributed by atoms with Crippen molar-refractivity contribution in [1.82, 2.24) is 15.5 Å². The van der Waals surface area contributed by atoms with Gasteiger partial charge in [-0.3, -0.25) is 0 Å². The normalized spacial score (nSPS) is 11.2. The van der Waals surface area contributed by atoms with Crippen LogP contribution < -0.4 is 5.32 Å². The van der Waals surface area contributed by atoms with Crippen LogP contribution in [-0.4, -0.2) is 22.8 Å². The van der Waals surface area contributed by atoms with E-state index in [1.165, 1.54) is 11.3 Å². The first-order valence-electron chi connectivity index (χ1n) is 6.08. The molecule has 19 heavy (non-hydrogen) atoms. The Morgan fingerprint density at radius 2 is 2.16 bits per heavy atom. The van der Waals surface area contributed by atoms with E-state index >= 15 is 0 Å². The predicted octanol–water partition coefficient (Wildman–Crippen LogP) is 3.65. The molecule has 0 radical (unpaired) electrons. The molecule has 0 amide bonds. The molecule has 1 heterocycles. The van der Waals surface area contributed by atoms with Crippen molar-refractivity contribution in [2.24, 2.45) is 0 Å². The maximum absolute atomic E-state index is 13.9. The fraction of sp³-hybridized carbons (Fsp3) is 0.385. The minimum Gasteiger partial charge on any atom is -0.314 e. The second-order valence-corrected chi connectivity index (χ2v) is 6.38. The third kappa shape index (κ3) is 3.81. The molecule has 2 aromatic rings. The van der Waals surface area contributed by atoms with Crippen molar-refractivity contribution in [3.05, 3.63) is 33.5 Å². The fourth-order valence-electron chi connectivity index (χ4n) is 1.60. The molecule has 0 saturated heterocycles. The van der Waals surface area contributed by atoms with Gasteiger partial charge in [0, 0.05) is 24.6 Å². The summed E-state index contributed by atoms with van der Waals surface area (Å²) in [4.78, 5) is 0. The number of nitrogens with zero attached hydrogens (tertiary/aromatic N) is 2. The molecule has 6 heteroatoms. The second-order valence-electron chi connectivity index (χ2n) is 4.46. The molecule has 102 valence electrons. The molecule has 0 aliphatic carbocycles. The highest BCUT2D eigenvalue weighted by Crippen LogP contribution is 2.29. The smallest absolute Gasteiger partial charge is 0.150 e. The van der Waals surface area contributed by atoms with Gasteiger partial charge in [0.1, 0.15) is 10.8 Å². The summed E-state index contributed by atoms with van der Waals surface area (Å²) in [6.07, 6.45) is 0.811. The predicted molar refractivity (Wildman–Crippen MR) is 79.8 cm³/mol. The van der Waals surface area contributed by atoms with Crippen LogP contribution in [0.1, 0.15) is 18.9 Å². The lowest BCUT2D eigenvalue weighted by atomic mass is 10.2. The van der Waals surface area contributed by atoms with Gasteiger partial charge < -0.3 is 5.32 Å². The summed E-state index contributed by atoms with van der Waals surface area (Å²) >= 11 is 4.62. The summed E-state index contributed by atoms with van der Waals surface area (Å²) < 4.78 is 14.4. The van der Waals surface area contributed by atoms with Gasteiger partial charge in [0.15, 0.2) is 5.01 Å². The monoisotopic (exact) mass is 343 g/mol. The number of nitrogens with one attached hydrogen (secondary N) is 1. The van der Waals surface area contributed by atoms with Crippen LogP contribution in [0.25, 0.3) is 10.6 Å². The first-order valence-corrected chi connectivity index (χ1v) is 7.69. The SMILES string of the molecule is CC(C)NCCc1nnc(-c2cccc(Br)c2F)s1. The minimum atomic E-state index is -0.287. The zero-order valence-electron chi connectivity index (χ0n) is 10.8. The molecule has 3 nitrogen and oxygen atoms in total. The van der Waals surface area contributed by atoms with E-state index in [-0.39, 0.29) is 5.82 Å².